The van der Waals surface area contributed by atoms with Crippen molar-refractivity contribution in [3.05, 3.63) is 0 Å². The van der Waals surface area contributed by atoms with Gasteiger partial charge in [0.1, 0.15) is 5.78 Å². The highest BCUT2D eigenvalue weighted by Gasteiger charge is 2.03. The van der Waals surface area contributed by atoms with Crippen molar-refractivity contribution in [1.29, 1.82) is 0 Å². The minimum atomic E-state index is 0.0809. The van der Waals surface area contributed by atoms with Crippen molar-refractivity contribution in [3.8, 4) is 0 Å². The highest BCUT2D eigenvalue weighted by Crippen LogP contribution is 2.03. The maximum Gasteiger partial charge on any atom is 0.219 e. The second kappa shape index (κ2) is 14.5. The van der Waals surface area contributed by atoms with Crippen LogP contribution in [0.5, 0.6) is 0 Å². The van der Waals surface area contributed by atoms with Crippen LogP contribution < -0.4 is 16.8 Å². The number of rotatable bonds is 14. The molecule has 0 aromatic heterocycles. The van der Waals surface area contributed by atoms with Crippen LogP contribution >= 0.6 is 0 Å². The molecule has 0 fully saturated rings. The van der Waals surface area contributed by atoms with Gasteiger partial charge >= 0.3 is 0 Å². The van der Waals surface area contributed by atoms with Gasteiger partial charge in [0.2, 0.25) is 5.91 Å². The Bertz CT molecular complexity index is 232. The van der Waals surface area contributed by atoms with Gasteiger partial charge in [0.25, 0.3) is 0 Å². The molecule has 0 saturated heterocycles. The molecule has 0 spiro atoms. The first-order valence-corrected chi connectivity index (χ1v) is 7.89. The first-order chi connectivity index (χ1) is 9.70. The van der Waals surface area contributed by atoms with Crippen LogP contribution in [0.1, 0.15) is 64.2 Å². The van der Waals surface area contributed by atoms with Gasteiger partial charge in [0.15, 0.2) is 0 Å². The van der Waals surface area contributed by atoms with Crippen LogP contribution in [0.3, 0.4) is 0 Å². The third-order valence-corrected chi connectivity index (χ3v) is 3.22. The zero-order valence-corrected chi connectivity index (χ0v) is 12.7. The Balaban J connectivity index is 3.32. The van der Waals surface area contributed by atoms with E-state index in [9.17, 15) is 9.59 Å². The zero-order valence-electron chi connectivity index (χ0n) is 12.7. The molecule has 118 valence electrons. The average Bonchev–Trinajstić information content (AvgIpc) is 2.44. The average molecular weight is 285 g/mol. The Morgan fingerprint density at radius 3 is 1.85 bits per heavy atom. The van der Waals surface area contributed by atoms with E-state index in [2.05, 4.69) is 5.32 Å². The van der Waals surface area contributed by atoms with Crippen molar-refractivity contribution in [1.82, 2.24) is 5.32 Å². The van der Waals surface area contributed by atoms with Gasteiger partial charge in [-0.25, -0.2) is 0 Å². The molecule has 0 aromatic carbocycles. The number of nitrogens with one attached hydrogen (secondary N) is 1. The molecule has 0 aliphatic heterocycles. The van der Waals surface area contributed by atoms with Crippen LogP contribution in [0.25, 0.3) is 0 Å². The molecular weight excluding hydrogens is 254 g/mol. The molecule has 0 unspecified atom stereocenters. The maximum atomic E-state index is 11.5. The van der Waals surface area contributed by atoms with E-state index in [1.807, 2.05) is 0 Å². The predicted molar refractivity (Wildman–Crippen MR) is 82.3 cm³/mol. The lowest BCUT2D eigenvalue weighted by Gasteiger charge is -2.05. The van der Waals surface area contributed by atoms with Crippen LogP contribution in [0.15, 0.2) is 0 Å². The molecule has 0 rings (SSSR count). The normalized spacial score (nSPS) is 10.5. The van der Waals surface area contributed by atoms with E-state index in [1.165, 1.54) is 0 Å². The quantitative estimate of drug-likeness (QED) is 0.421. The fourth-order valence-electron chi connectivity index (χ4n) is 1.98. The summed E-state index contributed by atoms with van der Waals surface area (Å²) >= 11 is 0. The van der Waals surface area contributed by atoms with Gasteiger partial charge in [-0.2, -0.15) is 0 Å². The number of ketones is 1. The molecule has 20 heavy (non-hydrogen) atoms. The minimum Gasteiger partial charge on any atom is -0.356 e. The number of carbonyl (C=O) groups is 2. The maximum absolute atomic E-state index is 11.5. The molecule has 0 aliphatic rings. The van der Waals surface area contributed by atoms with E-state index in [0.717, 1.165) is 44.9 Å². The number of nitrogens with two attached hydrogens (primary N) is 2. The van der Waals surface area contributed by atoms with E-state index < -0.39 is 0 Å². The molecule has 0 aliphatic carbocycles. The van der Waals surface area contributed by atoms with E-state index in [-0.39, 0.29) is 5.91 Å². The summed E-state index contributed by atoms with van der Waals surface area (Å²) in [4.78, 5) is 23.0. The molecule has 0 heterocycles. The number of Topliss-reactive ketones (excluding diaryl/α,β-unsaturated/α-hetero) is 1. The van der Waals surface area contributed by atoms with Crippen LogP contribution in [-0.4, -0.2) is 31.3 Å². The van der Waals surface area contributed by atoms with Crippen LogP contribution in [0.4, 0.5) is 0 Å². The van der Waals surface area contributed by atoms with Crippen LogP contribution in [-0.2, 0) is 9.59 Å². The summed E-state index contributed by atoms with van der Waals surface area (Å²) in [7, 11) is 0. The highest BCUT2D eigenvalue weighted by atomic mass is 16.1. The van der Waals surface area contributed by atoms with Gasteiger partial charge in [0, 0.05) is 25.8 Å². The number of amides is 1. The second-order valence-corrected chi connectivity index (χ2v) is 5.19. The van der Waals surface area contributed by atoms with Gasteiger partial charge in [0.05, 0.1) is 0 Å². The van der Waals surface area contributed by atoms with Crippen molar-refractivity contribution >= 4 is 11.7 Å². The Labute approximate surface area is 122 Å². The summed E-state index contributed by atoms with van der Waals surface area (Å²) in [6, 6.07) is 0. The number of hydrogen-bond acceptors (Lipinski definition) is 4. The molecule has 5 nitrogen and oxygen atoms in total. The number of unbranched alkanes of at least 4 members (excludes halogenated alkanes) is 4. The summed E-state index contributed by atoms with van der Waals surface area (Å²) in [5.74, 6) is 0.372. The van der Waals surface area contributed by atoms with Crippen molar-refractivity contribution in [2.24, 2.45) is 11.5 Å². The van der Waals surface area contributed by atoms with Crippen molar-refractivity contribution in [2.45, 2.75) is 64.2 Å². The fourth-order valence-corrected chi connectivity index (χ4v) is 1.98. The lowest BCUT2D eigenvalue weighted by molar-refractivity contribution is -0.122. The Hall–Kier alpha value is -0.940. The lowest BCUT2D eigenvalue weighted by Crippen LogP contribution is -2.24. The SMILES string of the molecule is NCCCCCC(=O)CCCNC(=O)CCCCCN. The Morgan fingerprint density at radius 1 is 0.700 bits per heavy atom. The number of hydrogen-bond donors (Lipinski definition) is 3. The summed E-state index contributed by atoms with van der Waals surface area (Å²) in [5, 5.41) is 2.85. The molecule has 0 atom stereocenters. The molecular formula is C15H31N3O2. The van der Waals surface area contributed by atoms with Gasteiger partial charge in [-0.3, -0.25) is 9.59 Å². The molecule has 5 heteroatoms. The lowest BCUT2D eigenvalue weighted by atomic mass is 10.1. The third kappa shape index (κ3) is 13.5. The van der Waals surface area contributed by atoms with Crippen LogP contribution in [0.2, 0.25) is 0 Å². The topological polar surface area (TPSA) is 98.2 Å². The number of carbonyl (C=O) groups excluding carboxylic acids is 2. The summed E-state index contributed by atoms with van der Waals surface area (Å²) in [5.41, 5.74) is 10.8. The standard InChI is InChI=1S/C15H31N3O2/c16-11-5-1-3-8-14(19)9-7-13-18-15(20)10-4-2-6-12-17/h1-13,16-17H2,(H,18,20). The molecule has 0 aromatic rings. The van der Waals surface area contributed by atoms with E-state index in [1.54, 1.807) is 0 Å². The van der Waals surface area contributed by atoms with Gasteiger partial charge in [-0.05, 0) is 45.2 Å². The summed E-state index contributed by atoms with van der Waals surface area (Å²) < 4.78 is 0. The van der Waals surface area contributed by atoms with E-state index in [4.69, 9.17) is 11.5 Å². The van der Waals surface area contributed by atoms with E-state index >= 15 is 0 Å². The molecule has 1 amide bonds. The molecule has 0 radical (unpaired) electrons. The monoisotopic (exact) mass is 285 g/mol. The molecule has 0 bridgehead atoms. The smallest absolute Gasteiger partial charge is 0.219 e. The van der Waals surface area contributed by atoms with Crippen molar-refractivity contribution < 1.29 is 9.59 Å². The zero-order chi connectivity index (χ0) is 15.1. The van der Waals surface area contributed by atoms with Gasteiger partial charge in [-0.1, -0.05) is 12.8 Å². The largest absolute Gasteiger partial charge is 0.356 e. The second-order valence-electron chi connectivity index (χ2n) is 5.19. The van der Waals surface area contributed by atoms with Crippen molar-refractivity contribution in [3.63, 3.8) is 0 Å². The van der Waals surface area contributed by atoms with Crippen LogP contribution in [0, 0.1) is 0 Å². The fraction of sp³-hybridized carbons (Fsp3) is 0.867. The van der Waals surface area contributed by atoms with Gasteiger partial charge in [-0.15, -0.1) is 0 Å². The predicted octanol–water partition coefficient (Wildman–Crippen LogP) is 1.49. The molecule has 5 N–H and O–H groups in total. The van der Waals surface area contributed by atoms with E-state index in [0.29, 0.717) is 44.7 Å². The Kier molecular flexibility index (Phi) is 13.8. The third-order valence-electron chi connectivity index (χ3n) is 3.22. The first kappa shape index (κ1) is 19.1. The van der Waals surface area contributed by atoms with Crippen molar-refractivity contribution in [2.75, 3.05) is 19.6 Å². The highest BCUT2D eigenvalue weighted by molar-refractivity contribution is 5.78. The summed E-state index contributed by atoms with van der Waals surface area (Å²) in [6.45, 7) is 1.99. The first-order valence-electron chi connectivity index (χ1n) is 7.89. The summed E-state index contributed by atoms with van der Waals surface area (Å²) in [6.07, 6.45) is 8.35. The molecule has 0 saturated carbocycles. The Morgan fingerprint density at radius 2 is 1.25 bits per heavy atom. The van der Waals surface area contributed by atoms with Gasteiger partial charge < -0.3 is 16.8 Å². The minimum absolute atomic E-state index is 0.0809.